The van der Waals surface area contributed by atoms with Crippen molar-refractivity contribution in [2.75, 3.05) is 7.11 Å². The number of hydrogen-bond acceptors (Lipinski definition) is 3. The minimum Gasteiger partial charge on any atom is -0.478 e. The zero-order valence-electron chi connectivity index (χ0n) is 8.38. The van der Waals surface area contributed by atoms with Crippen LogP contribution in [0, 0.1) is 0 Å². The lowest BCUT2D eigenvalue weighted by molar-refractivity contribution is 0.388. The maximum Gasteiger partial charge on any atom is 0.257 e. The van der Waals surface area contributed by atoms with E-state index in [9.17, 15) is 0 Å². The molecule has 1 aromatic heterocycles. The van der Waals surface area contributed by atoms with Crippen molar-refractivity contribution >= 4 is 11.6 Å². The summed E-state index contributed by atoms with van der Waals surface area (Å²) in [7, 11) is 1.57. The maximum absolute atomic E-state index is 5.20. The zero-order valence-corrected chi connectivity index (χ0v) is 8.38. The lowest BCUT2D eigenvalue weighted by atomic mass is 10.3. The fourth-order valence-corrected chi connectivity index (χ4v) is 1.22. The molecule has 0 atom stereocenters. The molecule has 0 aliphatic rings. The van der Waals surface area contributed by atoms with Crippen LogP contribution in [0.3, 0.4) is 0 Å². The highest BCUT2D eigenvalue weighted by atomic mass is 16.5. The number of rotatable bonds is 2. The van der Waals surface area contributed by atoms with Gasteiger partial charge in [0.15, 0.2) is 5.76 Å². The van der Waals surface area contributed by atoms with E-state index in [1.54, 1.807) is 19.4 Å². The predicted octanol–water partition coefficient (Wildman–Crippen LogP) is 3.00. The van der Waals surface area contributed by atoms with E-state index in [1.165, 1.54) is 0 Å². The van der Waals surface area contributed by atoms with E-state index in [0.29, 0.717) is 11.7 Å². The lowest BCUT2D eigenvalue weighted by Gasteiger charge is -2.00. The molecule has 0 saturated carbocycles. The Labute approximate surface area is 88.0 Å². The van der Waals surface area contributed by atoms with Crippen molar-refractivity contribution in [2.45, 2.75) is 0 Å². The molecule has 0 bridgehead atoms. The second kappa shape index (κ2) is 4.46. The normalized spacial score (nSPS) is 11.4. The average Bonchev–Trinajstić information content (AvgIpc) is 2.81. The molecule has 0 amide bonds. The van der Waals surface area contributed by atoms with Crippen LogP contribution in [-0.4, -0.2) is 13.0 Å². The molecule has 1 aromatic carbocycles. The first-order chi connectivity index (χ1) is 7.40. The van der Waals surface area contributed by atoms with Gasteiger partial charge in [-0.15, -0.1) is 0 Å². The number of para-hydroxylation sites is 1. The quantitative estimate of drug-likeness (QED) is 0.553. The van der Waals surface area contributed by atoms with Crippen LogP contribution >= 0.6 is 0 Å². The molecule has 0 N–H and O–H groups in total. The maximum atomic E-state index is 5.20. The van der Waals surface area contributed by atoms with Crippen molar-refractivity contribution in [3.8, 4) is 0 Å². The lowest BCUT2D eigenvalue weighted by Crippen LogP contribution is -2.00. The highest BCUT2D eigenvalue weighted by molar-refractivity contribution is 5.93. The highest BCUT2D eigenvalue weighted by Crippen LogP contribution is 2.13. The second-order valence-electron chi connectivity index (χ2n) is 2.93. The predicted molar refractivity (Wildman–Crippen MR) is 58.4 cm³/mol. The molecule has 1 heterocycles. The molecular weight excluding hydrogens is 190 g/mol. The molecule has 0 saturated heterocycles. The van der Waals surface area contributed by atoms with E-state index < -0.39 is 0 Å². The van der Waals surface area contributed by atoms with Gasteiger partial charge >= 0.3 is 0 Å². The van der Waals surface area contributed by atoms with Crippen molar-refractivity contribution in [3.63, 3.8) is 0 Å². The van der Waals surface area contributed by atoms with E-state index in [-0.39, 0.29) is 0 Å². The van der Waals surface area contributed by atoms with Crippen molar-refractivity contribution in [3.05, 3.63) is 54.5 Å². The summed E-state index contributed by atoms with van der Waals surface area (Å²) in [5.41, 5.74) is 0.839. The van der Waals surface area contributed by atoms with Crippen LogP contribution in [0.5, 0.6) is 0 Å². The second-order valence-corrected chi connectivity index (χ2v) is 2.93. The Balaban J connectivity index is 2.32. The summed E-state index contributed by atoms with van der Waals surface area (Å²) in [6.07, 6.45) is 1.59. The number of furan rings is 1. The van der Waals surface area contributed by atoms with Crippen molar-refractivity contribution < 1.29 is 9.15 Å². The number of aliphatic imine (C=N–C) groups is 1. The number of nitrogens with zero attached hydrogens (tertiary/aromatic N) is 1. The minimum absolute atomic E-state index is 0.478. The topological polar surface area (TPSA) is 34.7 Å². The minimum atomic E-state index is 0.478. The summed E-state index contributed by atoms with van der Waals surface area (Å²) in [6, 6.07) is 13.2. The van der Waals surface area contributed by atoms with Crippen molar-refractivity contribution in [1.29, 1.82) is 0 Å². The van der Waals surface area contributed by atoms with Crippen LogP contribution in [-0.2, 0) is 4.74 Å². The van der Waals surface area contributed by atoms with Crippen LogP contribution in [0.2, 0.25) is 0 Å². The van der Waals surface area contributed by atoms with E-state index >= 15 is 0 Å². The van der Waals surface area contributed by atoms with Gasteiger partial charge in [-0.1, -0.05) is 18.2 Å². The van der Waals surface area contributed by atoms with Gasteiger partial charge in [-0.2, -0.15) is 0 Å². The first kappa shape index (κ1) is 9.52. The standard InChI is InChI=1S/C12H11NO2/c1-14-12(11-8-5-9-15-11)13-10-6-3-2-4-7-10/h2-9H,1H3. The van der Waals surface area contributed by atoms with Gasteiger partial charge in [0.05, 0.1) is 19.1 Å². The Kier molecular flexibility index (Phi) is 2.83. The monoisotopic (exact) mass is 201 g/mol. The smallest absolute Gasteiger partial charge is 0.257 e. The molecule has 0 spiro atoms. The summed E-state index contributed by atoms with van der Waals surface area (Å²) in [6.45, 7) is 0. The van der Waals surface area contributed by atoms with Crippen LogP contribution in [0.25, 0.3) is 0 Å². The molecule has 3 nitrogen and oxygen atoms in total. The molecule has 0 aliphatic carbocycles. The first-order valence-electron chi connectivity index (χ1n) is 4.62. The Hall–Kier alpha value is -2.03. The number of hydrogen-bond donors (Lipinski definition) is 0. The van der Waals surface area contributed by atoms with Gasteiger partial charge < -0.3 is 9.15 Å². The summed E-state index contributed by atoms with van der Waals surface area (Å²) in [4.78, 5) is 4.32. The Morgan fingerprint density at radius 3 is 2.53 bits per heavy atom. The number of methoxy groups -OCH3 is 1. The highest BCUT2D eigenvalue weighted by Gasteiger charge is 2.05. The van der Waals surface area contributed by atoms with Gasteiger partial charge in [-0.3, -0.25) is 0 Å². The molecule has 0 aliphatic heterocycles. The number of ether oxygens (including phenoxy) is 1. The third kappa shape index (κ3) is 2.26. The third-order valence-corrected chi connectivity index (χ3v) is 1.91. The molecule has 2 rings (SSSR count). The van der Waals surface area contributed by atoms with Gasteiger partial charge in [-0.25, -0.2) is 4.99 Å². The third-order valence-electron chi connectivity index (χ3n) is 1.91. The van der Waals surface area contributed by atoms with Gasteiger partial charge in [0.25, 0.3) is 5.90 Å². The summed E-state index contributed by atoms with van der Waals surface area (Å²) < 4.78 is 10.4. The fraction of sp³-hybridized carbons (Fsp3) is 0.0833. The van der Waals surface area contributed by atoms with Crippen LogP contribution in [0.4, 0.5) is 5.69 Å². The first-order valence-corrected chi connectivity index (χ1v) is 4.62. The molecule has 15 heavy (non-hydrogen) atoms. The molecular formula is C12H11NO2. The summed E-state index contributed by atoms with van der Waals surface area (Å²) >= 11 is 0. The summed E-state index contributed by atoms with van der Waals surface area (Å²) in [5.74, 6) is 1.10. The SMILES string of the molecule is COC(=Nc1ccccc1)c1ccco1. The van der Waals surface area contributed by atoms with E-state index in [1.807, 2.05) is 36.4 Å². The van der Waals surface area contributed by atoms with E-state index in [4.69, 9.17) is 9.15 Å². The Morgan fingerprint density at radius 1 is 1.13 bits per heavy atom. The van der Waals surface area contributed by atoms with Gasteiger partial charge in [0.2, 0.25) is 0 Å². The molecule has 0 fully saturated rings. The van der Waals surface area contributed by atoms with Gasteiger partial charge in [0, 0.05) is 0 Å². The molecule has 3 heteroatoms. The van der Waals surface area contributed by atoms with E-state index in [2.05, 4.69) is 4.99 Å². The molecule has 0 radical (unpaired) electrons. The fourth-order valence-electron chi connectivity index (χ4n) is 1.22. The van der Waals surface area contributed by atoms with Crippen molar-refractivity contribution in [2.24, 2.45) is 4.99 Å². The van der Waals surface area contributed by atoms with Gasteiger partial charge in [0.1, 0.15) is 0 Å². The van der Waals surface area contributed by atoms with Crippen LogP contribution in [0.1, 0.15) is 5.76 Å². The Morgan fingerprint density at radius 2 is 1.93 bits per heavy atom. The van der Waals surface area contributed by atoms with Gasteiger partial charge in [-0.05, 0) is 24.3 Å². The Bertz CT molecular complexity index is 432. The molecule has 2 aromatic rings. The largest absolute Gasteiger partial charge is 0.478 e. The zero-order chi connectivity index (χ0) is 10.5. The molecule has 76 valence electrons. The van der Waals surface area contributed by atoms with E-state index in [0.717, 1.165) is 5.69 Å². The van der Waals surface area contributed by atoms with Crippen molar-refractivity contribution in [1.82, 2.24) is 0 Å². The number of benzene rings is 1. The van der Waals surface area contributed by atoms with Crippen LogP contribution in [0.15, 0.2) is 58.1 Å². The molecule has 0 unspecified atom stereocenters. The summed E-state index contributed by atoms with van der Waals surface area (Å²) in [5, 5.41) is 0. The van der Waals surface area contributed by atoms with Crippen LogP contribution < -0.4 is 0 Å². The average molecular weight is 201 g/mol.